The Morgan fingerprint density at radius 2 is 2.05 bits per heavy atom. The van der Waals surface area contributed by atoms with Gasteiger partial charge in [-0.15, -0.1) is 0 Å². The summed E-state index contributed by atoms with van der Waals surface area (Å²) in [5, 5.41) is 0. The second kappa shape index (κ2) is 5.67. The first-order valence-electron chi connectivity index (χ1n) is 6.61. The summed E-state index contributed by atoms with van der Waals surface area (Å²) in [6.45, 7) is 5.08. The third-order valence-electron chi connectivity index (χ3n) is 2.98. The van der Waals surface area contributed by atoms with Gasteiger partial charge in [-0.3, -0.25) is 0 Å². The van der Waals surface area contributed by atoms with E-state index in [0.29, 0.717) is 26.4 Å². The molecule has 19 heavy (non-hydrogen) atoms. The summed E-state index contributed by atoms with van der Waals surface area (Å²) >= 11 is 0. The molecule has 2 aliphatic heterocycles. The van der Waals surface area contributed by atoms with Gasteiger partial charge < -0.3 is 23.7 Å². The highest BCUT2D eigenvalue weighted by molar-refractivity contribution is 5.46. The molecule has 0 saturated carbocycles. The Balaban J connectivity index is 1.59. The van der Waals surface area contributed by atoms with Crippen molar-refractivity contribution < 1.29 is 23.7 Å². The largest absolute Gasteiger partial charge is 0.491 e. The summed E-state index contributed by atoms with van der Waals surface area (Å²) < 4.78 is 27.5. The van der Waals surface area contributed by atoms with Crippen LogP contribution in [0.25, 0.3) is 0 Å². The molecule has 5 nitrogen and oxygen atoms in total. The molecule has 2 aliphatic rings. The van der Waals surface area contributed by atoms with Gasteiger partial charge in [-0.25, -0.2) is 0 Å². The first kappa shape index (κ1) is 12.6. The number of epoxide rings is 1. The fourth-order valence-corrected chi connectivity index (χ4v) is 1.87. The van der Waals surface area contributed by atoms with Crippen LogP contribution in [0.2, 0.25) is 0 Å². The Kier molecular flexibility index (Phi) is 3.75. The van der Waals surface area contributed by atoms with Crippen LogP contribution in [0.15, 0.2) is 18.2 Å². The lowest BCUT2D eigenvalue weighted by Gasteiger charge is -2.26. The molecule has 0 radical (unpaired) electrons. The number of ether oxygens (including phenoxy) is 5. The van der Waals surface area contributed by atoms with Crippen LogP contribution in [0.3, 0.4) is 0 Å². The number of rotatable bonds is 6. The van der Waals surface area contributed by atoms with Crippen LogP contribution in [-0.4, -0.2) is 45.2 Å². The van der Waals surface area contributed by atoms with Gasteiger partial charge in [0.15, 0.2) is 17.6 Å². The van der Waals surface area contributed by atoms with Gasteiger partial charge in [-0.1, -0.05) is 0 Å². The molecule has 1 aromatic carbocycles. The maximum atomic E-state index is 5.80. The Labute approximate surface area is 112 Å². The van der Waals surface area contributed by atoms with E-state index in [4.69, 9.17) is 23.7 Å². The van der Waals surface area contributed by atoms with Crippen molar-refractivity contribution in [3.05, 3.63) is 18.2 Å². The Morgan fingerprint density at radius 1 is 1.16 bits per heavy atom. The van der Waals surface area contributed by atoms with Crippen LogP contribution in [-0.2, 0) is 9.47 Å². The van der Waals surface area contributed by atoms with Crippen molar-refractivity contribution in [3.63, 3.8) is 0 Å². The van der Waals surface area contributed by atoms with Crippen molar-refractivity contribution in [2.75, 3.05) is 33.0 Å². The second-order valence-corrected chi connectivity index (χ2v) is 4.59. The molecule has 0 N–H and O–H groups in total. The zero-order valence-electron chi connectivity index (χ0n) is 11.0. The van der Waals surface area contributed by atoms with Crippen LogP contribution in [0.4, 0.5) is 0 Å². The van der Waals surface area contributed by atoms with Gasteiger partial charge in [0.25, 0.3) is 0 Å². The van der Waals surface area contributed by atoms with Crippen molar-refractivity contribution in [1.29, 1.82) is 0 Å². The predicted octanol–water partition coefficient (Wildman–Crippen LogP) is 1.64. The van der Waals surface area contributed by atoms with E-state index in [9.17, 15) is 0 Å². The van der Waals surface area contributed by atoms with Gasteiger partial charge in [0.1, 0.15) is 25.1 Å². The molecule has 0 amide bonds. The minimum atomic E-state index is -0.0425. The van der Waals surface area contributed by atoms with E-state index in [1.54, 1.807) is 0 Å². The van der Waals surface area contributed by atoms with Crippen LogP contribution in [0.1, 0.15) is 6.92 Å². The smallest absolute Gasteiger partial charge is 0.165 e. The normalized spacial score (nSPS) is 24.1. The molecule has 1 aromatic rings. The summed E-state index contributed by atoms with van der Waals surface area (Å²) in [6, 6.07) is 5.61. The fraction of sp³-hybridized carbons (Fsp3) is 0.571. The molecular weight excluding hydrogens is 248 g/mol. The molecule has 2 heterocycles. The summed E-state index contributed by atoms with van der Waals surface area (Å²) in [5.41, 5.74) is 0. The van der Waals surface area contributed by atoms with E-state index in [-0.39, 0.29) is 12.2 Å². The lowest BCUT2D eigenvalue weighted by atomic mass is 10.2. The van der Waals surface area contributed by atoms with E-state index in [2.05, 4.69) is 0 Å². The highest BCUT2D eigenvalue weighted by atomic mass is 16.6. The van der Waals surface area contributed by atoms with Crippen LogP contribution >= 0.6 is 0 Å². The minimum absolute atomic E-state index is 0.0425. The maximum Gasteiger partial charge on any atom is 0.165 e. The molecule has 2 unspecified atom stereocenters. The van der Waals surface area contributed by atoms with Crippen molar-refractivity contribution in [3.8, 4) is 17.2 Å². The zero-order chi connectivity index (χ0) is 13.1. The molecule has 5 heteroatoms. The fourth-order valence-electron chi connectivity index (χ4n) is 1.87. The van der Waals surface area contributed by atoms with Crippen LogP contribution in [0.5, 0.6) is 17.2 Å². The first-order valence-corrected chi connectivity index (χ1v) is 6.61. The van der Waals surface area contributed by atoms with E-state index in [1.807, 2.05) is 25.1 Å². The lowest BCUT2D eigenvalue weighted by Crippen LogP contribution is -2.33. The molecule has 1 saturated heterocycles. The summed E-state index contributed by atoms with van der Waals surface area (Å²) in [6.07, 6.45) is 0.211. The average molecular weight is 266 g/mol. The first-order chi connectivity index (χ1) is 9.35. The third kappa shape index (κ3) is 3.30. The summed E-state index contributed by atoms with van der Waals surface area (Å²) in [5.74, 6) is 2.24. The van der Waals surface area contributed by atoms with Gasteiger partial charge in [-0.05, 0) is 19.1 Å². The number of hydrogen-bond donors (Lipinski definition) is 0. The van der Waals surface area contributed by atoms with E-state index in [0.717, 1.165) is 23.9 Å². The molecule has 3 rings (SSSR count). The molecule has 0 aliphatic carbocycles. The lowest BCUT2D eigenvalue weighted by molar-refractivity contribution is 0.0126. The average Bonchev–Trinajstić information content (AvgIpc) is 3.26. The topological polar surface area (TPSA) is 49.5 Å². The van der Waals surface area contributed by atoms with Gasteiger partial charge in [-0.2, -0.15) is 0 Å². The molecule has 104 valence electrons. The SMILES string of the molecule is CCOCC1COc2cc(OCC3CO3)ccc2O1. The van der Waals surface area contributed by atoms with E-state index < -0.39 is 0 Å². The zero-order valence-corrected chi connectivity index (χ0v) is 11.0. The molecule has 0 bridgehead atoms. The molecular formula is C14H18O5. The van der Waals surface area contributed by atoms with E-state index in [1.165, 1.54) is 0 Å². The maximum absolute atomic E-state index is 5.80. The molecule has 2 atom stereocenters. The van der Waals surface area contributed by atoms with Gasteiger partial charge in [0, 0.05) is 12.7 Å². The van der Waals surface area contributed by atoms with Gasteiger partial charge in [0.05, 0.1) is 13.2 Å². The predicted molar refractivity (Wildman–Crippen MR) is 68.1 cm³/mol. The monoisotopic (exact) mass is 266 g/mol. The van der Waals surface area contributed by atoms with Crippen LogP contribution in [0, 0.1) is 0 Å². The van der Waals surface area contributed by atoms with Gasteiger partial charge >= 0.3 is 0 Å². The number of hydrogen-bond acceptors (Lipinski definition) is 5. The summed E-state index contributed by atoms with van der Waals surface area (Å²) in [7, 11) is 0. The molecule has 0 aromatic heterocycles. The highest BCUT2D eigenvalue weighted by Gasteiger charge is 2.24. The van der Waals surface area contributed by atoms with Crippen molar-refractivity contribution in [1.82, 2.24) is 0 Å². The van der Waals surface area contributed by atoms with Crippen molar-refractivity contribution in [2.24, 2.45) is 0 Å². The Morgan fingerprint density at radius 3 is 2.84 bits per heavy atom. The van der Waals surface area contributed by atoms with Crippen LogP contribution < -0.4 is 14.2 Å². The Hall–Kier alpha value is -1.46. The molecule has 0 spiro atoms. The Bertz CT molecular complexity index is 430. The van der Waals surface area contributed by atoms with E-state index >= 15 is 0 Å². The second-order valence-electron chi connectivity index (χ2n) is 4.59. The molecule has 1 fully saturated rings. The quantitative estimate of drug-likeness (QED) is 0.733. The van der Waals surface area contributed by atoms with Gasteiger partial charge in [0.2, 0.25) is 0 Å². The minimum Gasteiger partial charge on any atom is -0.491 e. The third-order valence-corrected chi connectivity index (χ3v) is 2.98. The number of fused-ring (bicyclic) bond motifs is 1. The highest BCUT2D eigenvalue weighted by Crippen LogP contribution is 2.35. The number of benzene rings is 1. The van der Waals surface area contributed by atoms with Crippen molar-refractivity contribution in [2.45, 2.75) is 19.1 Å². The summed E-state index contributed by atoms with van der Waals surface area (Å²) in [4.78, 5) is 0. The van der Waals surface area contributed by atoms with Crippen molar-refractivity contribution >= 4 is 0 Å². The standard InChI is InChI=1S/C14H18O5/c1-2-15-6-12-9-18-14-5-10(3-4-13(14)19-12)16-7-11-8-17-11/h3-5,11-12H,2,6-9H2,1H3.